The Morgan fingerprint density at radius 2 is 2.19 bits per heavy atom. The number of aromatic nitrogens is 4. The van der Waals surface area contributed by atoms with Crippen LogP contribution in [0.5, 0.6) is 0 Å². The van der Waals surface area contributed by atoms with E-state index in [2.05, 4.69) is 15.2 Å². The Morgan fingerprint density at radius 3 is 2.92 bits per heavy atom. The molecule has 3 aromatic rings. The third-order valence-corrected chi connectivity index (χ3v) is 6.73. The van der Waals surface area contributed by atoms with Crippen LogP contribution in [0.3, 0.4) is 0 Å². The number of thiazole rings is 1. The molecule has 2 heterocycles. The summed E-state index contributed by atoms with van der Waals surface area (Å²) < 4.78 is 2.65. The van der Waals surface area contributed by atoms with E-state index in [1.54, 1.807) is 16.2 Å². The topological polar surface area (TPSA) is 89.9 Å². The van der Waals surface area contributed by atoms with Gasteiger partial charge in [0.05, 0.1) is 22.0 Å². The first-order chi connectivity index (χ1) is 12.5. The van der Waals surface area contributed by atoms with E-state index in [1.165, 1.54) is 16.4 Å². The van der Waals surface area contributed by atoms with Gasteiger partial charge in [0.2, 0.25) is 11.1 Å². The van der Waals surface area contributed by atoms with E-state index in [-0.39, 0.29) is 17.7 Å². The molecular weight excluding hydrogens is 368 g/mol. The fourth-order valence-corrected chi connectivity index (χ4v) is 4.54. The number of nitrogens with two attached hydrogens (primary N) is 1. The predicted molar refractivity (Wildman–Crippen MR) is 104 cm³/mol. The Morgan fingerprint density at radius 1 is 1.42 bits per heavy atom. The van der Waals surface area contributed by atoms with E-state index < -0.39 is 0 Å². The highest BCUT2D eigenvalue weighted by molar-refractivity contribution is 7.99. The number of benzene rings is 1. The molecule has 9 heteroatoms. The lowest BCUT2D eigenvalue weighted by Gasteiger charge is -2.23. The summed E-state index contributed by atoms with van der Waals surface area (Å²) in [6.45, 7) is 2.00. The Kier molecular flexibility index (Phi) is 4.58. The van der Waals surface area contributed by atoms with E-state index in [9.17, 15) is 4.79 Å². The van der Waals surface area contributed by atoms with E-state index in [0.29, 0.717) is 11.1 Å². The lowest BCUT2D eigenvalue weighted by molar-refractivity contribution is -0.128. The Labute approximate surface area is 159 Å². The molecule has 4 rings (SSSR count). The molecule has 0 unspecified atom stereocenters. The average Bonchev–Trinajstić information content (AvgIpc) is 3.28. The average molecular weight is 389 g/mol. The van der Waals surface area contributed by atoms with E-state index >= 15 is 0 Å². The molecule has 0 aliphatic heterocycles. The van der Waals surface area contributed by atoms with Gasteiger partial charge < -0.3 is 10.7 Å². The lowest BCUT2D eigenvalue weighted by Crippen LogP contribution is -2.31. The number of nitrogen functional groups attached to an aromatic ring is 1. The number of carbonyl (C=O) groups is 1. The molecule has 1 aromatic carbocycles. The minimum atomic E-state index is -0.0849. The fraction of sp³-hybridized carbons (Fsp3) is 0.412. The van der Waals surface area contributed by atoms with Crippen molar-refractivity contribution in [2.45, 2.75) is 36.9 Å². The monoisotopic (exact) mass is 388 g/mol. The molecule has 0 bridgehead atoms. The summed E-state index contributed by atoms with van der Waals surface area (Å²) in [4.78, 5) is 19.0. The van der Waals surface area contributed by atoms with Crippen molar-refractivity contribution < 1.29 is 4.79 Å². The molecule has 136 valence electrons. The van der Waals surface area contributed by atoms with Crippen LogP contribution in [0, 0.1) is 0 Å². The zero-order chi connectivity index (χ0) is 18.3. The van der Waals surface area contributed by atoms with Gasteiger partial charge in [-0.3, -0.25) is 4.79 Å². The quantitative estimate of drug-likeness (QED) is 0.516. The van der Waals surface area contributed by atoms with Crippen molar-refractivity contribution in [1.82, 2.24) is 24.8 Å². The van der Waals surface area contributed by atoms with Crippen LogP contribution < -0.4 is 5.84 Å². The van der Waals surface area contributed by atoms with Crippen molar-refractivity contribution in [3.8, 4) is 0 Å². The molecule has 2 aromatic heterocycles. The van der Waals surface area contributed by atoms with Crippen LogP contribution in [0.25, 0.3) is 10.2 Å². The van der Waals surface area contributed by atoms with Crippen molar-refractivity contribution in [3.63, 3.8) is 0 Å². The van der Waals surface area contributed by atoms with Crippen molar-refractivity contribution in [3.05, 3.63) is 35.1 Å². The molecule has 7 nitrogen and oxygen atoms in total. The summed E-state index contributed by atoms with van der Waals surface area (Å²) >= 11 is 2.95. The van der Waals surface area contributed by atoms with Crippen LogP contribution in [-0.4, -0.2) is 43.5 Å². The summed E-state index contributed by atoms with van der Waals surface area (Å²) in [7, 11) is 1.81. The molecule has 1 atom stereocenters. The van der Waals surface area contributed by atoms with Gasteiger partial charge in [0, 0.05) is 13.0 Å². The largest absolute Gasteiger partial charge is 0.336 e. The van der Waals surface area contributed by atoms with Crippen molar-refractivity contribution in [2.75, 3.05) is 18.6 Å². The molecule has 1 aliphatic carbocycles. The summed E-state index contributed by atoms with van der Waals surface area (Å²) in [5.74, 6) is 7.57. The van der Waals surface area contributed by atoms with Crippen molar-refractivity contribution in [1.29, 1.82) is 0 Å². The Balaban J connectivity index is 1.40. The molecule has 0 saturated heterocycles. The number of para-hydroxylation sites is 1. The molecule has 0 radical (unpaired) electrons. The minimum absolute atomic E-state index is 0.0118. The van der Waals surface area contributed by atoms with Gasteiger partial charge in [-0.05, 0) is 31.9 Å². The van der Waals surface area contributed by atoms with Gasteiger partial charge in [0.15, 0.2) is 5.82 Å². The first kappa shape index (κ1) is 17.3. The summed E-state index contributed by atoms with van der Waals surface area (Å²) in [5, 5.41) is 9.77. The lowest BCUT2D eigenvalue weighted by atomic mass is 10.3. The molecular formula is C17H20N6OS2. The van der Waals surface area contributed by atoms with Crippen molar-refractivity contribution in [2.24, 2.45) is 0 Å². The molecule has 0 spiro atoms. The number of thioether (sulfide) groups is 1. The standard InChI is InChI=1S/C17H20N6OS2/c1-10(16-19-12-5-3-4-6-13(12)26-16)22(2)14(24)9-25-17-21-20-15(23(17)18)11-7-8-11/h3-6,10-11H,7-9,18H2,1-2H3/t10-/m0/s1. The van der Waals surface area contributed by atoms with Crippen LogP contribution in [0.4, 0.5) is 0 Å². The number of rotatable bonds is 6. The highest BCUT2D eigenvalue weighted by Crippen LogP contribution is 2.39. The number of fused-ring (bicyclic) bond motifs is 1. The summed E-state index contributed by atoms with van der Waals surface area (Å²) in [6.07, 6.45) is 2.22. The van der Waals surface area contributed by atoms with Gasteiger partial charge in [-0.25, -0.2) is 9.66 Å². The third-order valence-electron chi connectivity index (χ3n) is 4.60. The number of nitrogens with zero attached hydrogens (tertiary/aromatic N) is 5. The van der Waals surface area contributed by atoms with Crippen LogP contribution >= 0.6 is 23.1 Å². The molecule has 1 fully saturated rings. The van der Waals surface area contributed by atoms with Gasteiger partial charge >= 0.3 is 0 Å². The van der Waals surface area contributed by atoms with Gasteiger partial charge in [0.25, 0.3) is 0 Å². The second-order valence-corrected chi connectivity index (χ2v) is 8.48. The Hall–Kier alpha value is -2.13. The number of amides is 1. The number of hydrogen-bond acceptors (Lipinski definition) is 7. The second-order valence-electron chi connectivity index (χ2n) is 6.47. The highest BCUT2D eigenvalue weighted by atomic mass is 32.2. The van der Waals surface area contributed by atoms with Crippen LogP contribution in [0.15, 0.2) is 29.4 Å². The summed E-state index contributed by atoms with van der Waals surface area (Å²) in [5.41, 5.74) is 0.971. The highest BCUT2D eigenvalue weighted by Gasteiger charge is 2.30. The molecule has 1 saturated carbocycles. The maximum atomic E-state index is 12.6. The zero-order valence-corrected chi connectivity index (χ0v) is 16.3. The van der Waals surface area contributed by atoms with Gasteiger partial charge in [0.1, 0.15) is 5.01 Å². The maximum absolute atomic E-state index is 12.6. The third kappa shape index (κ3) is 3.28. The van der Waals surface area contributed by atoms with E-state index in [1.807, 2.05) is 38.2 Å². The predicted octanol–water partition coefficient (Wildman–Crippen LogP) is 2.79. The minimum Gasteiger partial charge on any atom is -0.336 e. The van der Waals surface area contributed by atoms with Crippen LogP contribution in [0.2, 0.25) is 0 Å². The molecule has 26 heavy (non-hydrogen) atoms. The first-order valence-corrected chi connectivity index (χ1v) is 10.3. The zero-order valence-electron chi connectivity index (χ0n) is 14.6. The second kappa shape index (κ2) is 6.88. The molecule has 1 aliphatic rings. The van der Waals surface area contributed by atoms with Crippen molar-refractivity contribution >= 4 is 39.2 Å². The van der Waals surface area contributed by atoms with E-state index in [0.717, 1.165) is 33.9 Å². The first-order valence-electron chi connectivity index (χ1n) is 8.49. The smallest absolute Gasteiger partial charge is 0.233 e. The fourth-order valence-electron chi connectivity index (χ4n) is 2.69. The Bertz CT molecular complexity index is 915. The number of carbonyl (C=O) groups excluding carboxylic acids is 1. The van der Waals surface area contributed by atoms with Gasteiger partial charge in [-0.2, -0.15) is 0 Å². The van der Waals surface area contributed by atoms with Gasteiger partial charge in [-0.15, -0.1) is 21.5 Å². The molecule has 1 amide bonds. The van der Waals surface area contributed by atoms with Crippen LogP contribution in [0.1, 0.15) is 42.6 Å². The van der Waals surface area contributed by atoms with Gasteiger partial charge in [-0.1, -0.05) is 23.9 Å². The SMILES string of the molecule is C[C@@H](c1nc2ccccc2s1)N(C)C(=O)CSc1nnc(C2CC2)n1N. The summed E-state index contributed by atoms with van der Waals surface area (Å²) in [6, 6.07) is 7.93. The maximum Gasteiger partial charge on any atom is 0.233 e. The normalized spacial score (nSPS) is 15.3. The molecule has 2 N–H and O–H groups in total. The number of hydrogen-bond donors (Lipinski definition) is 1. The van der Waals surface area contributed by atoms with E-state index in [4.69, 9.17) is 5.84 Å². The van der Waals surface area contributed by atoms with Crippen LogP contribution in [-0.2, 0) is 4.79 Å².